The van der Waals surface area contributed by atoms with Crippen molar-refractivity contribution in [2.24, 2.45) is 0 Å². The lowest BCUT2D eigenvalue weighted by Crippen LogP contribution is -2.14. The third kappa shape index (κ3) is 3.00. The number of thiophene rings is 1. The average Bonchev–Trinajstić information content (AvgIpc) is 3.21. The lowest BCUT2D eigenvalue weighted by molar-refractivity contribution is -0.113. The first kappa shape index (κ1) is 15.5. The molecule has 0 atom stereocenters. The summed E-state index contributed by atoms with van der Waals surface area (Å²) in [7, 11) is 0. The van der Waals surface area contributed by atoms with Crippen LogP contribution in [-0.4, -0.2) is 28.4 Å². The lowest BCUT2D eigenvalue weighted by atomic mass is 10.2. The number of fused-ring (bicyclic) bond motifs is 2. The van der Waals surface area contributed by atoms with Crippen LogP contribution >= 0.6 is 34.7 Å². The number of benzene rings is 1. The van der Waals surface area contributed by atoms with E-state index in [9.17, 15) is 4.79 Å². The monoisotopic (exact) mass is 379 g/mol. The summed E-state index contributed by atoms with van der Waals surface area (Å²) in [5.41, 5.74) is 1.38. The van der Waals surface area contributed by atoms with Crippen LogP contribution in [-0.2, 0) is 4.79 Å². The minimum atomic E-state index is -0.177. The van der Waals surface area contributed by atoms with Crippen LogP contribution in [0.2, 0.25) is 5.02 Å². The van der Waals surface area contributed by atoms with Gasteiger partial charge in [-0.2, -0.15) is 0 Å². The fourth-order valence-electron chi connectivity index (χ4n) is 2.20. The predicted molar refractivity (Wildman–Crippen MR) is 94.3 cm³/mol. The van der Waals surface area contributed by atoms with Crippen LogP contribution in [0.5, 0.6) is 11.5 Å². The molecule has 0 spiro atoms. The molecule has 0 unspecified atom stereocenters. The first-order chi connectivity index (χ1) is 11.7. The Hall–Kier alpha value is -2.03. The molecule has 4 rings (SSSR count). The first-order valence-electron chi connectivity index (χ1n) is 6.91. The van der Waals surface area contributed by atoms with Crippen LogP contribution < -0.4 is 14.8 Å². The van der Waals surface area contributed by atoms with Gasteiger partial charge < -0.3 is 14.8 Å². The first-order valence-corrected chi connectivity index (χ1v) is 9.15. The zero-order valence-electron chi connectivity index (χ0n) is 12.1. The maximum atomic E-state index is 12.2. The van der Waals surface area contributed by atoms with E-state index in [1.54, 1.807) is 23.5 Å². The van der Waals surface area contributed by atoms with Gasteiger partial charge in [-0.25, -0.2) is 9.97 Å². The van der Waals surface area contributed by atoms with E-state index >= 15 is 0 Å². The molecule has 2 aromatic heterocycles. The number of thioether (sulfide) groups is 1. The van der Waals surface area contributed by atoms with Crippen molar-refractivity contribution >= 4 is 56.5 Å². The zero-order valence-corrected chi connectivity index (χ0v) is 14.5. The normalized spacial score (nSPS) is 12.5. The summed E-state index contributed by atoms with van der Waals surface area (Å²) in [6.45, 7) is 0.156. The molecule has 3 heterocycles. The molecule has 6 nitrogen and oxygen atoms in total. The van der Waals surface area contributed by atoms with Crippen LogP contribution in [0.3, 0.4) is 0 Å². The van der Waals surface area contributed by atoms with E-state index in [4.69, 9.17) is 21.1 Å². The number of hydrogen-bond donors (Lipinski definition) is 1. The maximum absolute atomic E-state index is 12.2. The number of amides is 1. The second-order valence-electron chi connectivity index (χ2n) is 4.84. The summed E-state index contributed by atoms with van der Waals surface area (Å²) in [6, 6.07) is 5.22. The van der Waals surface area contributed by atoms with Gasteiger partial charge in [0.1, 0.15) is 11.4 Å². The Morgan fingerprint density at radius 2 is 2.17 bits per heavy atom. The maximum Gasteiger partial charge on any atom is 0.234 e. The van der Waals surface area contributed by atoms with Gasteiger partial charge in [-0.1, -0.05) is 23.4 Å². The minimum Gasteiger partial charge on any atom is -0.454 e. The number of nitrogens with zero attached hydrogens (tertiary/aromatic N) is 2. The third-order valence-electron chi connectivity index (χ3n) is 3.29. The minimum absolute atomic E-state index is 0.156. The number of ether oxygens (including phenoxy) is 2. The van der Waals surface area contributed by atoms with Crippen LogP contribution in [0.1, 0.15) is 0 Å². The van der Waals surface area contributed by atoms with Crippen molar-refractivity contribution in [2.75, 3.05) is 17.9 Å². The van der Waals surface area contributed by atoms with Crippen molar-refractivity contribution in [2.45, 2.75) is 5.03 Å². The molecule has 9 heteroatoms. The Labute approximate surface area is 150 Å². The van der Waals surface area contributed by atoms with E-state index in [1.807, 2.05) is 11.4 Å². The Bertz CT molecular complexity index is 931. The van der Waals surface area contributed by atoms with Crippen LogP contribution in [0.15, 0.2) is 34.9 Å². The molecule has 0 radical (unpaired) electrons. The Morgan fingerprint density at radius 1 is 1.33 bits per heavy atom. The summed E-state index contributed by atoms with van der Waals surface area (Å²) in [6.07, 6.45) is 1.50. The number of aromatic nitrogens is 2. The Kier molecular flexibility index (Phi) is 4.17. The quantitative estimate of drug-likeness (QED) is 0.549. The van der Waals surface area contributed by atoms with E-state index in [1.165, 1.54) is 18.1 Å². The number of rotatable bonds is 4. The number of halogens is 1. The summed E-state index contributed by atoms with van der Waals surface area (Å²) >= 11 is 9.07. The van der Waals surface area contributed by atoms with E-state index in [0.29, 0.717) is 22.2 Å². The Morgan fingerprint density at radius 3 is 3.04 bits per heavy atom. The van der Waals surface area contributed by atoms with Crippen molar-refractivity contribution in [1.82, 2.24) is 9.97 Å². The predicted octanol–water partition coefficient (Wildman–Crippen LogP) is 3.80. The standard InChI is InChI=1S/C15H10ClN3O3S2/c16-8-3-11-12(22-7-21-11)4-10(8)19-13(20)5-24-15-14-9(1-2-23-14)17-6-18-15/h1-4,6H,5,7H2,(H,19,20). The molecule has 0 saturated heterocycles. The van der Waals surface area contributed by atoms with Crippen LogP contribution in [0.4, 0.5) is 5.69 Å². The van der Waals surface area contributed by atoms with Gasteiger partial charge >= 0.3 is 0 Å². The number of carbonyl (C=O) groups is 1. The molecule has 1 amide bonds. The highest BCUT2D eigenvalue weighted by Crippen LogP contribution is 2.39. The number of anilines is 1. The van der Waals surface area contributed by atoms with E-state index in [-0.39, 0.29) is 18.5 Å². The molecule has 0 aliphatic carbocycles. The summed E-state index contributed by atoms with van der Waals surface area (Å²) in [4.78, 5) is 20.6. The van der Waals surface area contributed by atoms with E-state index in [0.717, 1.165) is 15.2 Å². The smallest absolute Gasteiger partial charge is 0.234 e. The van der Waals surface area contributed by atoms with Crippen molar-refractivity contribution in [3.63, 3.8) is 0 Å². The average molecular weight is 380 g/mol. The van der Waals surface area contributed by atoms with Gasteiger partial charge in [-0.15, -0.1) is 11.3 Å². The second kappa shape index (κ2) is 6.46. The van der Waals surface area contributed by atoms with Gasteiger partial charge in [0.25, 0.3) is 0 Å². The molecule has 1 aliphatic rings. The van der Waals surface area contributed by atoms with E-state index < -0.39 is 0 Å². The van der Waals surface area contributed by atoms with Gasteiger partial charge in [0, 0.05) is 12.1 Å². The number of carbonyl (C=O) groups excluding carboxylic acids is 1. The number of nitrogens with one attached hydrogen (secondary N) is 1. The second-order valence-corrected chi connectivity index (χ2v) is 7.12. The SMILES string of the molecule is O=C(CSc1ncnc2ccsc12)Nc1cc2c(cc1Cl)OCO2. The van der Waals surface area contributed by atoms with Gasteiger partial charge in [0.2, 0.25) is 12.7 Å². The molecule has 0 saturated carbocycles. The summed E-state index contributed by atoms with van der Waals surface area (Å²) < 4.78 is 11.5. The van der Waals surface area contributed by atoms with Crippen LogP contribution in [0, 0.1) is 0 Å². The largest absolute Gasteiger partial charge is 0.454 e. The molecule has 0 bridgehead atoms. The molecule has 122 valence electrons. The molecular weight excluding hydrogens is 370 g/mol. The fraction of sp³-hybridized carbons (Fsp3) is 0.133. The molecule has 0 fully saturated rings. The van der Waals surface area contributed by atoms with Gasteiger partial charge in [-0.05, 0) is 11.4 Å². The van der Waals surface area contributed by atoms with Crippen molar-refractivity contribution in [3.05, 3.63) is 34.9 Å². The summed E-state index contributed by atoms with van der Waals surface area (Å²) in [5, 5.41) is 5.94. The van der Waals surface area contributed by atoms with E-state index in [2.05, 4.69) is 15.3 Å². The van der Waals surface area contributed by atoms with Crippen molar-refractivity contribution in [1.29, 1.82) is 0 Å². The molecular formula is C15H10ClN3O3S2. The van der Waals surface area contributed by atoms with Gasteiger partial charge in [0.05, 0.1) is 26.7 Å². The number of hydrogen-bond acceptors (Lipinski definition) is 7. The summed E-state index contributed by atoms with van der Waals surface area (Å²) in [5.74, 6) is 1.19. The Balaban J connectivity index is 1.45. The molecule has 3 aromatic rings. The molecule has 1 N–H and O–H groups in total. The zero-order chi connectivity index (χ0) is 16.5. The van der Waals surface area contributed by atoms with Gasteiger partial charge in [0.15, 0.2) is 11.5 Å². The molecule has 1 aliphatic heterocycles. The molecule has 24 heavy (non-hydrogen) atoms. The highest BCUT2D eigenvalue weighted by molar-refractivity contribution is 8.00. The van der Waals surface area contributed by atoms with Crippen LogP contribution in [0.25, 0.3) is 10.2 Å². The third-order valence-corrected chi connectivity index (χ3v) is 5.63. The topological polar surface area (TPSA) is 73.3 Å². The fourth-order valence-corrected chi connectivity index (χ4v) is 4.15. The lowest BCUT2D eigenvalue weighted by Gasteiger charge is -2.08. The van der Waals surface area contributed by atoms with Gasteiger partial charge in [-0.3, -0.25) is 4.79 Å². The molecule has 1 aromatic carbocycles. The highest BCUT2D eigenvalue weighted by Gasteiger charge is 2.18. The highest BCUT2D eigenvalue weighted by atomic mass is 35.5. The van der Waals surface area contributed by atoms with Crippen molar-refractivity contribution in [3.8, 4) is 11.5 Å². The van der Waals surface area contributed by atoms with Crippen molar-refractivity contribution < 1.29 is 14.3 Å².